The van der Waals surface area contributed by atoms with Gasteiger partial charge < -0.3 is 25.0 Å². The number of allylic oxidation sites excluding steroid dienone is 1. The second-order valence-corrected chi connectivity index (χ2v) is 9.71. The number of amides is 3. The van der Waals surface area contributed by atoms with Crippen LogP contribution in [0.1, 0.15) is 47.8 Å². The molecule has 3 amide bonds. The van der Waals surface area contributed by atoms with Gasteiger partial charge in [-0.15, -0.1) is 0 Å². The Balaban J connectivity index is 1.52. The summed E-state index contributed by atoms with van der Waals surface area (Å²) in [5.41, 5.74) is 4.42. The fourth-order valence-corrected chi connectivity index (χ4v) is 4.24. The molecule has 0 saturated carbocycles. The number of hydrogen-bond acceptors (Lipinski definition) is 5. The van der Waals surface area contributed by atoms with Gasteiger partial charge in [0, 0.05) is 5.69 Å². The highest BCUT2D eigenvalue weighted by Crippen LogP contribution is 2.36. The molecular weight excluding hydrogens is 482 g/mol. The van der Waals surface area contributed by atoms with Crippen molar-refractivity contribution in [2.24, 2.45) is 0 Å². The third kappa shape index (κ3) is 5.86. The first-order valence-electron chi connectivity index (χ1n) is 12.2. The average Bonchev–Trinajstić information content (AvgIpc) is 2.89. The number of fused-ring (bicyclic) bond motifs is 1. The van der Waals surface area contributed by atoms with Gasteiger partial charge in [-0.25, -0.2) is 9.59 Å². The van der Waals surface area contributed by atoms with E-state index in [1.807, 2.05) is 51.1 Å². The Labute approximate surface area is 222 Å². The first-order chi connectivity index (χ1) is 18.1. The lowest BCUT2D eigenvalue weighted by molar-refractivity contribution is -0.121. The van der Waals surface area contributed by atoms with Crippen molar-refractivity contribution in [1.82, 2.24) is 5.32 Å². The summed E-state index contributed by atoms with van der Waals surface area (Å²) < 4.78 is 10.4. The fraction of sp³-hybridized carbons (Fsp3) is 0.233. The van der Waals surface area contributed by atoms with Crippen LogP contribution in [0.3, 0.4) is 0 Å². The molecule has 0 unspecified atom stereocenters. The quantitative estimate of drug-likeness (QED) is 0.407. The van der Waals surface area contributed by atoms with E-state index < -0.39 is 17.5 Å². The topological polar surface area (TPSA) is 97.0 Å². The second-order valence-electron chi connectivity index (χ2n) is 9.71. The Morgan fingerprint density at radius 2 is 1.79 bits per heavy atom. The van der Waals surface area contributed by atoms with Crippen LogP contribution in [0.5, 0.6) is 5.75 Å². The fourth-order valence-electron chi connectivity index (χ4n) is 4.24. The molecule has 1 aliphatic rings. The number of rotatable bonds is 7. The highest BCUT2D eigenvalue weighted by molar-refractivity contribution is 5.99. The van der Waals surface area contributed by atoms with Crippen LogP contribution in [-0.2, 0) is 21.6 Å². The molecule has 0 bridgehead atoms. The molecule has 4 rings (SSSR count). The zero-order valence-electron chi connectivity index (χ0n) is 22.0. The minimum atomic E-state index is -0.653. The maximum absolute atomic E-state index is 13.0. The zero-order chi connectivity index (χ0) is 27.4. The minimum absolute atomic E-state index is 0.103. The number of methoxy groups -OCH3 is 1. The zero-order valence-corrected chi connectivity index (χ0v) is 22.0. The third-order valence-corrected chi connectivity index (χ3v) is 6.35. The molecule has 0 spiro atoms. The lowest BCUT2D eigenvalue weighted by atomic mass is 9.92. The molecule has 1 heterocycles. The van der Waals surface area contributed by atoms with E-state index in [0.29, 0.717) is 22.7 Å². The monoisotopic (exact) mass is 513 g/mol. The van der Waals surface area contributed by atoms with Crippen molar-refractivity contribution in [3.05, 3.63) is 95.6 Å². The molecule has 38 heavy (non-hydrogen) atoms. The molecule has 1 aliphatic heterocycles. The van der Waals surface area contributed by atoms with Crippen LogP contribution >= 0.6 is 0 Å². The number of nitrogens with one attached hydrogen (secondary N) is 2. The predicted octanol–water partition coefficient (Wildman–Crippen LogP) is 5.49. The molecular formula is C30H31N3O5. The Hall–Kier alpha value is -4.59. The molecule has 3 aromatic rings. The number of hydrogen-bond donors (Lipinski definition) is 2. The number of ether oxygens (including phenoxy) is 2. The van der Waals surface area contributed by atoms with Crippen molar-refractivity contribution in [2.75, 3.05) is 23.9 Å². The van der Waals surface area contributed by atoms with Gasteiger partial charge in [-0.05, 0) is 73.9 Å². The van der Waals surface area contributed by atoms with Gasteiger partial charge in [0.15, 0.2) is 6.61 Å². The molecule has 8 heteroatoms. The molecule has 8 nitrogen and oxygen atoms in total. The van der Waals surface area contributed by atoms with Crippen molar-refractivity contribution in [2.45, 2.75) is 32.9 Å². The Kier molecular flexibility index (Phi) is 7.52. The van der Waals surface area contributed by atoms with E-state index in [1.54, 1.807) is 41.3 Å². The van der Waals surface area contributed by atoms with E-state index in [1.165, 1.54) is 7.11 Å². The van der Waals surface area contributed by atoms with E-state index in [9.17, 15) is 14.4 Å². The standard InChI is InChI=1S/C30H31N3O5/c1-19(2)21-9-7-11-23(15-21)30(3,4)32-29(36)31-24-12-13-26-25(16-24)33(27(34)18-38-26)17-20-8-6-10-22(14-20)28(35)37-5/h6-16H,1,17-18H2,2-5H3,(H2,31,32,36). The van der Waals surface area contributed by atoms with Crippen molar-refractivity contribution in [3.63, 3.8) is 0 Å². The maximum Gasteiger partial charge on any atom is 0.337 e. The Morgan fingerprint density at radius 1 is 1.05 bits per heavy atom. The molecule has 0 saturated heterocycles. The van der Waals surface area contributed by atoms with Gasteiger partial charge in [0.05, 0.1) is 30.4 Å². The number of carbonyl (C=O) groups is 3. The predicted molar refractivity (Wildman–Crippen MR) is 147 cm³/mol. The number of carbonyl (C=O) groups excluding carboxylic acids is 3. The highest BCUT2D eigenvalue weighted by atomic mass is 16.5. The van der Waals surface area contributed by atoms with Gasteiger partial charge in [-0.2, -0.15) is 0 Å². The summed E-state index contributed by atoms with van der Waals surface area (Å²) >= 11 is 0. The molecule has 2 N–H and O–H groups in total. The van der Waals surface area contributed by atoms with Gasteiger partial charge in [0.2, 0.25) is 0 Å². The first-order valence-corrected chi connectivity index (χ1v) is 12.2. The number of nitrogens with zero attached hydrogens (tertiary/aromatic N) is 1. The van der Waals surface area contributed by atoms with Gasteiger partial charge >= 0.3 is 12.0 Å². The lowest BCUT2D eigenvalue weighted by Crippen LogP contribution is -2.43. The molecule has 3 aromatic carbocycles. The van der Waals surface area contributed by atoms with Crippen LogP contribution in [0.2, 0.25) is 0 Å². The van der Waals surface area contributed by atoms with Gasteiger partial charge in [-0.3, -0.25) is 4.79 Å². The highest BCUT2D eigenvalue weighted by Gasteiger charge is 2.27. The molecule has 0 radical (unpaired) electrons. The van der Waals surface area contributed by atoms with Gasteiger partial charge in [0.1, 0.15) is 5.75 Å². The summed E-state index contributed by atoms with van der Waals surface area (Å²) in [7, 11) is 1.32. The molecule has 0 aromatic heterocycles. The summed E-state index contributed by atoms with van der Waals surface area (Å²) in [6, 6.07) is 19.6. The minimum Gasteiger partial charge on any atom is -0.482 e. The third-order valence-electron chi connectivity index (χ3n) is 6.35. The van der Waals surface area contributed by atoms with Crippen molar-refractivity contribution >= 4 is 34.9 Å². The van der Waals surface area contributed by atoms with E-state index in [4.69, 9.17) is 9.47 Å². The summed E-state index contributed by atoms with van der Waals surface area (Å²) in [6.07, 6.45) is 0. The van der Waals surface area contributed by atoms with E-state index in [0.717, 1.165) is 22.3 Å². The van der Waals surface area contributed by atoms with Crippen LogP contribution in [0.25, 0.3) is 5.57 Å². The van der Waals surface area contributed by atoms with Crippen molar-refractivity contribution in [3.8, 4) is 5.75 Å². The SMILES string of the molecule is C=C(C)c1cccc(C(C)(C)NC(=O)Nc2ccc3c(c2)N(Cc2cccc(C(=O)OC)c2)C(=O)CO3)c1. The number of urea groups is 1. The lowest BCUT2D eigenvalue weighted by Gasteiger charge is -2.30. The normalized spacial score (nSPS) is 12.7. The van der Waals surface area contributed by atoms with Crippen LogP contribution < -0.4 is 20.3 Å². The van der Waals surface area contributed by atoms with Crippen LogP contribution in [0.4, 0.5) is 16.2 Å². The number of anilines is 2. The molecule has 196 valence electrons. The smallest absolute Gasteiger partial charge is 0.337 e. The van der Waals surface area contributed by atoms with Crippen LogP contribution in [0, 0.1) is 0 Å². The Bertz CT molecular complexity index is 1410. The van der Waals surface area contributed by atoms with Crippen LogP contribution in [-0.4, -0.2) is 31.6 Å². The number of esters is 1. The van der Waals surface area contributed by atoms with E-state index >= 15 is 0 Å². The van der Waals surface area contributed by atoms with Gasteiger partial charge in [-0.1, -0.05) is 42.5 Å². The van der Waals surface area contributed by atoms with Crippen molar-refractivity contribution in [1.29, 1.82) is 0 Å². The molecule has 0 aliphatic carbocycles. The van der Waals surface area contributed by atoms with Crippen LogP contribution in [0.15, 0.2) is 73.3 Å². The largest absolute Gasteiger partial charge is 0.482 e. The van der Waals surface area contributed by atoms with Gasteiger partial charge in [0.25, 0.3) is 5.91 Å². The summed E-state index contributed by atoms with van der Waals surface area (Å²) in [5, 5.41) is 5.88. The average molecular weight is 514 g/mol. The summed E-state index contributed by atoms with van der Waals surface area (Å²) in [4.78, 5) is 39.3. The maximum atomic E-state index is 13.0. The summed E-state index contributed by atoms with van der Waals surface area (Å²) in [5.74, 6) is -0.162. The van der Waals surface area contributed by atoms with E-state index in [-0.39, 0.29) is 19.1 Å². The molecule has 0 atom stereocenters. The summed E-state index contributed by atoms with van der Waals surface area (Å²) in [6.45, 7) is 9.91. The van der Waals surface area contributed by atoms with E-state index in [2.05, 4.69) is 17.2 Å². The first kappa shape index (κ1) is 26.5. The Morgan fingerprint density at radius 3 is 2.53 bits per heavy atom. The number of benzene rings is 3. The molecule has 0 fully saturated rings. The van der Waals surface area contributed by atoms with Crippen molar-refractivity contribution < 1.29 is 23.9 Å². The second kappa shape index (κ2) is 10.8.